The number of nitrogens with zero attached hydrogens (tertiary/aromatic N) is 2. The predicted octanol–water partition coefficient (Wildman–Crippen LogP) is 3.97. The van der Waals surface area contributed by atoms with Crippen LogP contribution in [0.15, 0.2) is 48.5 Å². The molecule has 3 aromatic rings. The number of para-hydroxylation sites is 2. The van der Waals surface area contributed by atoms with Gasteiger partial charge in [-0.15, -0.1) is 12.4 Å². The lowest BCUT2D eigenvalue weighted by Crippen LogP contribution is -2.24. The molecule has 1 aromatic heterocycles. The van der Waals surface area contributed by atoms with Crippen molar-refractivity contribution in [2.24, 2.45) is 0 Å². The molecule has 1 heterocycles. The zero-order valence-corrected chi connectivity index (χ0v) is 14.4. The van der Waals surface area contributed by atoms with Crippen molar-refractivity contribution < 1.29 is 9.13 Å². The maximum Gasteiger partial charge on any atom is 0.202 e. The third kappa shape index (κ3) is 3.62. The van der Waals surface area contributed by atoms with E-state index in [-0.39, 0.29) is 18.2 Å². The first-order valence-electron chi connectivity index (χ1n) is 7.81. The number of nitrogens with one attached hydrogen (secondary N) is 1. The summed E-state index contributed by atoms with van der Waals surface area (Å²) in [5.41, 5.74) is 2.66. The zero-order chi connectivity index (χ0) is 16.2. The second kappa shape index (κ2) is 8.02. The monoisotopic (exact) mass is 349 g/mol. The van der Waals surface area contributed by atoms with Crippen LogP contribution in [0.2, 0.25) is 0 Å². The number of fused-ring (bicyclic) bond motifs is 1. The average molecular weight is 350 g/mol. The van der Waals surface area contributed by atoms with E-state index in [2.05, 4.69) is 0 Å². The third-order valence-electron chi connectivity index (χ3n) is 3.90. The van der Waals surface area contributed by atoms with Gasteiger partial charge in [0.1, 0.15) is 11.6 Å². The smallest absolute Gasteiger partial charge is 0.202 e. The van der Waals surface area contributed by atoms with Crippen LogP contribution >= 0.6 is 12.4 Å². The van der Waals surface area contributed by atoms with Crippen molar-refractivity contribution in [1.29, 1.82) is 5.41 Å². The highest BCUT2D eigenvalue weighted by Crippen LogP contribution is 2.14. The molecule has 4 nitrogen and oxygen atoms in total. The van der Waals surface area contributed by atoms with E-state index < -0.39 is 0 Å². The third-order valence-corrected chi connectivity index (χ3v) is 3.90. The molecule has 24 heavy (non-hydrogen) atoms. The Balaban J connectivity index is 0.00000208. The Kier molecular flexibility index (Phi) is 6.04. The highest BCUT2D eigenvalue weighted by molar-refractivity contribution is 5.85. The van der Waals surface area contributed by atoms with Gasteiger partial charge in [-0.25, -0.2) is 4.39 Å². The van der Waals surface area contributed by atoms with Crippen LogP contribution in [-0.4, -0.2) is 15.7 Å². The number of ether oxygens (including phenoxy) is 1. The summed E-state index contributed by atoms with van der Waals surface area (Å²) in [4.78, 5) is 0. The summed E-state index contributed by atoms with van der Waals surface area (Å²) in [5, 5.41) is 8.34. The topological polar surface area (TPSA) is 42.9 Å². The molecule has 0 atom stereocenters. The van der Waals surface area contributed by atoms with E-state index in [1.165, 1.54) is 12.1 Å². The Morgan fingerprint density at radius 1 is 1.00 bits per heavy atom. The van der Waals surface area contributed by atoms with Gasteiger partial charge in [-0.1, -0.05) is 12.1 Å². The van der Waals surface area contributed by atoms with Crippen molar-refractivity contribution >= 4 is 23.4 Å². The van der Waals surface area contributed by atoms with Gasteiger partial charge in [0.2, 0.25) is 5.62 Å². The number of rotatable bonds is 6. The maximum atomic E-state index is 12.8. The summed E-state index contributed by atoms with van der Waals surface area (Å²) in [6, 6.07) is 14.1. The summed E-state index contributed by atoms with van der Waals surface area (Å²) in [5.74, 6) is 0.401. The van der Waals surface area contributed by atoms with Gasteiger partial charge in [0.25, 0.3) is 0 Å². The fourth-order valence-electron chi connectivity index (χ4n) is 2.78. The number of hydrogen-bond donors (Lipinski definition) is 1. The van der Waals surface area contributed by atoms with Crippen molar-refractivity contribution in [2.75, 3.05) is 6.61 Å². The Morgan fingerprint density at radius 2 is 1.62 bits per heavy atom. The lowest BCUT2D eigenvalue weighted by molar-refractivity contribution is 0.300. The van der Waals surface area contributed by atoms with E-state index in [4.69, 9.17) is 10.1 Å². The Hall–Kier alpha value is -2.27. The molecule has 0 radical (unpaired) electrons. The van der Waals surface area contributed by atoms with Gasteiger partial charge in [0.15, 0.2) is 0 Å². The molecule has 0 amide bonds. The van der Waals surface area contributed by atoms with E-state index in [1.807, 2.05) is 40.3 Å². The highest BCUT2D eigenvalue weighted by Gasteiger charge is 2.08. The van der Waals surface area contributed by atoms with E-state index >= 15 is 0 Å². The molecule has 0 saturated carbocycles. The van der Waals surface area contributed by atoms with Crippen molar-refractivity contribution in [1.82, 2.24) is 9.13 Å². The zero-order valence-electron chi connectivity index (χ0n) is 13.5. The van der Waals surface area contributed by atoms with Gasteiger partial charge in [-0.3, -0.25) is 5.41 Å². The van der Waals surface area contributed by atoms with Crippen LogP contribution < -0.4 is 10.4 Å². The summed E-state index contributed by atoms with van der Waals surface area (Å²) in [6.07, 6.45) is 0.783. The predicted molar refractivity (Wildman–Crippen MR) is 95.2 cm³/mol. The maximum absolute atomic E-state index is 12.8. The van der Waals surface area contributed by atoms with Gasteiger partial charge in [0.05, 0.1) is 17.6 Å². The fraction of sp³-hybridized carbons (Fsp3) is 0.278. The summed E-state index contributed by atoms with van der Waals surface area (Å²) in [7, 11) is 0. The minimum absolute atomic E-state index is 0. The number of aryl methyl sites for hydroxylation is 2. The fourth-order valence-corrected chi connectivity index (χ4v) is 2.78. The molecule has 0 bridgehead atoms. The number of halogens is 2. The van der Waals surface area contributed by atoms with Crippen molar-refractivity contribution in [3.8, 4) is 5.75 Å². The average Bonchev–Trinajstić information content (AvgIpc) is 2.84. The van der Waals surface area contributed by atoms with E-state index in [1.54, 1.807) is 12.1 Å². The molecule has 0 unspecified atom stereocenters. The second-order valence-corrected chi connectivity index (χ2v) is 5.36. The van der Waals surface area contributed by atoms with Gasteiger partial charge in [-0.2, -0.15) is 0 Å². The molecule has 1 N–H and O–H groups in total. The first-order chi connectivity index (χ1) is 11.2. The molecule has 0 fully saturated rings. The van der Waals surface area contributed by atoms with Crippen LogP contribution in [0.5, 0.6) is 5.75 Å². The minimum Gasteiger partial charge on any atom is -0.494 e. The number of benzene rings is 2. The van der Waals surface area contributed by atoms with Crippen LogP contribution in [0.4, 0.5) is 4.39 Å². The molecular weight excluding hydrogens is 329 g/mol. The highest BCUT2D eigenvalue weighted by atomic mass is 35.5. The normalized spacial score (nSPS) is 10.6. The summed E-state index contributed by atoms with van der Waals surface area (Å²) < 4.78 is 22.5. The Morgan fingerprint density at radius 3 is 2.25 bits per heavy atom. The number of hydrogen-bond acceptors (Lipinski definition) is 2. The first kappa shape index (κ1) is 18.1. The quantitative estimate of drug-likeness (QED) is 0.672. The van der Waals surface area contributed by atoms with E-state index in [0.29, 0.717) is 24.5 Å². The Bertz CT molecular complexity index is 855. The molecule has 0 aliphatic heterocycles. The molecule has 128 valence electrons. The lowest BCUT2D eigenvalue weighted by Gasteiger charge is -2.07. The number of imidazole rings is 1. The molecule has 0 aliphatic rings. The standard InChI is InChI=1S/C18H20FN3O.ClH/c1-2-21-16-6-3-4-7-17(16)22(18(21)20)12-5-13-23-15-10-8-14(19)9-11-15;/h3-4,6-11,20H,2,5,12-13H2,1H3;1H. The van der Waals surface area contributed by atoms with Crippen LogP contribution in [0.25, 0.3) is 11.0 Å². The summed E-state index contributed by atoms with van der Waals surface area (Å²) >= 11 is 0. The molecule has 0 spiro atoms. The number of aromatic nitrogens is 2. The van der Waals surface area contributed by atoms with Crippen molar-refractivity contribution in [2.45, 2.75) is 26.4 Å². The molecule has 0 saturated heterocycles. The summed E-state index contributed by atoms with van der Waals surface area (Å²) in [6.45, 7) is 4.07. The lowest BCUT2D eigenvalue weighted by atomic mass is 10.3. The van der Waals surface area contributed by atoms with Crippen LogP contribution in [0.3, 0.4) is 0 Å². The largest absolute Gasteiger partial charge is 0.494 e. The van der Waals surface area contributed by atoms with Gasteiger partial charge in [0, 0.05) is 13.1 Å². The molecule has 0 aliphatic carbocycles. The molecule has 6 heteroatoms. The molecule has 3 rings (SSSR count). The second-order valence-electron chi connectivity index (χ2n) is 5.36. The van der Waals surface area contributed by atoms with Crippen molar-refractivity contribution in [3.63, 3.8) is 0 Å². The Labute approximate surface area is 146 Å². The van der Waals surface area contributed by atoms with E-state index in [0.717, 1.165) is 24.0 Å². The van der Waals surface area contributed by atoms with Crippen LogP contribution in [0.1, 0.15) is 13.3 Å². The van der Waals surface area contributed by atoms with E-state index in [9.17, 15) is 4.39 Å². The molecular formula is C18H21ClFN3O. The van der Waals surface area contributed by atoms with Gasteiger partial charge >= 0.3 is 0 Å². The van der Waals surface area contributed by atoms with Crippen LogP contribution in [-0.2, 0) is 13.1 Å². The first-order valence-corrected chi connectivity index (χ1v) is 7.81. The van der Waals surface area contributed by atoms with Crippen molar-refractivity contribution in [3.05, 3.63) is 60.0 Å². The van der Waals surface area contributed by atoms with Crippen LogP contribution in [0, 0.1) is 11.2 Å². The SMILES string of the molecule is CCn1c(=N)n(CCCOc2ccc(F)cc2)c2ccccc21.Cl. The van der Waals surface area contributed by atoms with Gasteiger partial charge < -0.3 is 13.9 Å². The minimum atomic E-state index is -0.265. The van der Waals surface area contributed by atoms with Gasteiger partial charge in [-0.05, 0) is 49.7 Å². The molecule has 2 aromatic carbocycles.